The normalized spacial score (nSPS) is 15.9. The second-order valence-corrected chi connectivity index (χ2v) is 5.13. The van der Waals surface area contributed by atoms with Crippen molar-refractivity contribution in [2.45, 2.75) is 38.6 Å². The first-order valence-electron chi connectivity index (χ1n) is 6.43. The van der Waals surface area contributed by atoms with E-state index in [0.717, 1.165) is 12.8 Å². The highest BCUT2D eigenvalue weighted by molar-refractivity contribution is 6.31. The largest absolute Gasteiger partial charge is 0.507 e. The van der Waals surface area contributed by atoms with E-state index in [4.69, 9.17) is 11.6 Å². The lowest BCUT2D eigenvalue weighted by Crippen LogP contribution is -2.38. The molecule has 1 saturated carbocycles. The Morgan fingerprint density at radius 1 is 1.44 bits per heavy atom. The minimum atomic E-state index is -0.121. The summed E-state index contributed by atoms with van der Waals surface area (Å²) < 4.78 is 0. The van der Waals surface area contributed by atoms with Crippen molar-refractivity contribution >= 4 is 17.5 Å². The van der Waals surface area contributed by atoms with Crippen LogP contribution in [0.1, 0.15) is 43.0 Å². The molecule has 3 nitrogen and oxygen atoms in total. The number of rotatable bonds is 3. The Bertz CT molecular complexity index is 441. The Morgan fingerprint density at radius 3 is 2.72 bits per heavy atom. The van der Waals surface area contributed by atoms with Gasteiger partial charge >= 0.3 is 0 Å². The molecule has 0 aliphatic heterocycles. The molecule has 0 spiro atoms. The maximum atomic E-state index is 12.4. The van der Waals surface area contributed by atoms with Crippen LogP contribution in [-0.2, 0) is 0 Å². The molecule has 1 aromatic carbocycles. The molecule has 2 rings (SSSR count). The average molecular weight is 268 g/mol. The molecule has 1 aliphatic carbocycles. The van der Waals surface area contributed by atoms with E-state index in [1.54, 1.807) is 6.07 Å². The summed E-state index contributed by atoms with van der Waals surface area (Å²) in [5.41, 5.74) is 0.302. The highest BCUT2D eigenvalue weighted by Gasteiger charge is 2.27. The van der Waals surface area contributed by atoms with E-state index in [-0.39, 0.29) is 11.7 Å². The number of carbonyl (C=O) groups is 1. The third-order valence-electron chi connectivity index (χ3n) is 3.56. The van der Waals surface area contributed by atoms with Gasteiger partial charge in [0.15, 0.2) is 0 Å². The molecule has 1 fully saturated rings. The van der Waals surface area contributed by atoms with Crippen LogP contribution in [0.25, 0.3) is 0 Å². The van der Waals surface area contributed by atoms with Crippen molar-refractivity contribution in [3.05, 3.63) is 28.8 Å². The summed E-state index contributed by atoms with van der Waals surface area (Å²) in [6.07, 6.45) is 4.47. The van der Waals surface area contributed by atoms with Crippen LogP contribution in [0.4, 0.5) is 0 Å². The number of halogens is 1. The van der Waals surface area contributed by atoms with Crippen LogP contribution in [0.5, 0.6) is 5.75 Å². The minimum Gasteiger partial charge on any atom is -0.507 e. The molecule has 1 aliphatic rings. The molecule has 18 heavy (non-hydrogen) atoms. The number of phenols is 1. The van der Waals surface area contributed by atoms with Crippen LogP contribution in [0.2, 0.25) is 5.02 Å². The molecule has 4 heteroatoms. The molecule has 0 atom stereocenters. The summed E-state index contributed by atoms with van der Waals surface area (Å²) in [5, 5.41) is 10.3. The van der Waals surface area contributed by atoms with Crippen molar-refractivity contribution in [1.82, 2.24) is 4.90 Å². The average Bonchev–Trinajstić information content (AvgIpc) is 2.87. The SMILES string of the molecule is CCN(C(=O)c1cc(Cl)ccc1O)C1CCCC1. The summed E-state index contributed by atoms with van der Waals surface area (Å²) in [5.74, 6) is -0.120. The topological polar surface area (TPSA) is 40.5 Å². The van der Waals surface area contributed by atoms with Gasteiger partial charge in [0.05, 0.1) is 5.56 Å². The van der Waals surface area contributed by atoms with E-state index in [0.29, 0.717) is 23.2 Å². The Hall–Kier alpha value is -1.22. The number of hydrogen-bond acceptors (Lipinski definition) is 2. The van der Waals surface area contributed by atoms with Crippen molar-refractivity contribution < 1.29 is 9.90 Å². The van der Waals surface area contributed by atoms with Crippen molar-refractivity contribution in [2.24, 2.45) is 0 Å². The molecule has 0 aromatic heterocycles. The number of carbonyl (C=O) groups excluding carboxylic acids is 1. The van der Waals surface area contributed by atoms with Gasteiger partial charge < -0.3 is 10.0 Å². The smallest absolute Gasteiger partial charge is 0.257 e. The second kappa shape index (κ2) is 5.61. The molecule has 98 valence electrons. The van der Waals surface area contributed by atoms with E-state index in [9.17, 15) is 9.90 Å². The number of phenolic OH excluding ortho intramolecular Hbond substituents is 1. The van der Waals surface area contributed by atoms with Crippen LogP contribution >= 0.6 is 11.6 Å². The van der Waals surface area contributed by atoms with Gasteiger partial charge in [0, 0.05) is 17.6 Å². The van der Waals surface area contributed by atoms with Crippen LogP contribution in [0.15, 0.2) is 18.2 Å². The van der Waals surface area contributed by atoms with E-state index in [1.807, 2.05) is 11.8 Å². The fourth-order valence-corrected chi connectivity index (χ4v) is 2.79. The number of aromatic hydroxyl groups is 1. The van der Waals surface area contributed by atoms with E-state index in [1.165, 1.54) is 25.0 Å². The predicted molar refractivity (Wildman–Crippen MR) is 72.1 cm³/mol. The zero-order valence-corrected chi connectivity index (χ0v) is 11.3. The van der Waals surface area contributed by atoms with Crippen LogP contribution in [0.3, 0.4) is 0 Å². The van der Waals surface area contributed by atoms with E-state index < -0.39 is 0 Å². The maximum Gasteiger partial charge on any atom is 0.257 e. The van der Waals surface area contributed by atoms with Gasteiger partial charge in [-0.05, 0) is 38.0 Å². The zero-order valence-electron chi connectivity index (χ0n) is 10.5. The molecular weight excluding hydrogens is 250 g/mol. The fraction of sp³-hybridized carbons (Fsp3) is 0.500. The summed E-state index contributed by atoms with van der Waals surface area (Å²) in [6, 6.07) is 4.90. The Kier molecular flexibility index (Phi) is 4.12. The first-order valence-corrected chi connectivity index (χ1v) is 6.80. The van der Waals surface area contributed by atoms with Crippen LogP contribution < -0.4 is 0 Å². The van der Waals surface area contributed by atoms with Crippen molar-refractivity contribution in [3.8, 4) is 5.75 Å². The number of hydrogen-bond donors (Lipinski definition) is 1. The quantitative estimate of drug-likeness (QED) is 0.911. The molecule has 1 N–H and O–H groups in total. The molecule has 0 unspecified atom stereocenters. The molecule has 0 radical (unpaired) electrons. The molecule has 1 amide bonds. The van der Waals surface area contributed by atoms with Gasteiger partial charge in [0.25, 0.3) is 5.91 Å². The summed E-state index contributed by atoms with van der Waals surface area (Å²) >= 11 is 5.89. The third kappa shape index (κ3) is 2.61. The van der Waals surface area contributed by atoms with E-state index >= 15 is 0 Å². The summed E-state index contributed by atoms with van der Waals surface area (Å²) in [6.45, 7) is 2.63. The van der Waals surface area contributed by atoms with Gasteiger partial charge in [-0.1, -0.05) is 24.4 Å². The lowest BCUT2D eigenvalue weighted by atomic mass is 10.1. The van der Waals surface area contributed by atoms with Crippen LogP contribution in [-0.4, -0.2) is 28.5 Å². The van der Waals surface area contributed by atoms with Crippen LogP contribution in [0, 0.1) is 0 Å². The lowest BCUT2D eigenvalue weighted by molar-refractivity contribution is 0.0690. The van der Waals surface area contributed by atoms with Gasteiger partial charge in [0.1, 0.15) is 5.75 Å². The maximum absolute atomic E-state index is 12.4. The van der Waals surface area contributed by atoms with Crippen molar-refractivity contribution in [2.75, 3.05) is 6.54 Å². The number of nitrogens with zero attached hydrogens (tertiary/aromatic N) is 1. The highest BCUT2D eigenvalue weighted by Crippen LogP contribution is 2.28. The van der Waals surface area contributed by atoms with Crippen molar-refractivity contribution in [1.29, 1.82) is 0 Å². The fourth-order valence-electron chi connectivity index (χ4n) is 2.62. The summed E-state index contributed by atoms with van der Waals surface area (Å²) in [4.78, 5) is 14.3. The third-order valence-corrected chi connectivity index (χ3v) is 3.79. The lowest BCUT2D eigenvalue weighted by Gasteiger charge is -2.28. The van der Waals surface area contributed by atoms with Gasteiger partial charge in [-0.3, -0.25) is 4.79 Å². The number of benzene rings is 1. The predicted octanol–water partition coefficient (Wildman–Crippen LogP) is 3.45. The Morgan fingerprint density at radius 2 is 2.11 bits per heavy atom. The molecule has 1 aromatic rings. The highest BCUT2D eigenvalue weighted by atomic mass is 35.5. The van der Waals surface area contributed by atoms with Gasteiger partial charge in [-0.15, -0.1) is 0 Å². The van der Waals surface area contributed by atoms with Gasteiger partial charge in [-0.2, -0.15) is 0 Å². The first kappa shape index (κ1) is 13.2. The molecule has 0 bridgehead atoms. The first-order chi connectivity index (χ1) is 8.63. The second-order valence-electron chi connectivity index (χ2n) is 4.69. The van der Waals surface area contributed by atoms with Crippen molar-refractivity contribution in [3.63, 3.8) is 0 Å². The summed E-state index contributed by atoms with van der Waals surface area (Å²) in [7, 11) is 0. The van der Waals surface area contributed by atoms with Gasteiger partial charge in [-0.25, -0.2) is 0 Å². The standard InChI is InChI=1S/C14H18ClNO2/c1-2-16(11-5-3-4-6-11)14(18)12-9-10(15)7-8-13(12)17/h7-9,11,17H,2-6H2,1H3. The zero-order chi connectivity index (χ0) is 13.1. The minimum absolute atomic E-state index is 0.000784. The molecular formula is C14H18ClNO2. The number of amides is 1. The monoisotopic (exact) mass is 267 g/mol. The Balaban J connectivity index is 2.25. The molecule has 0 heterocycles. The Labute approximate surface area is 112 Å². The van der Waals surface area contributed by atoms with Gasteiger partial charge in [0.2, 0.25) is 0 Å². The van der Waals surface area contributed by atoms with E-state index in [2.05, 4.69) is 0 Å². The molecule has 0 saturated heterocycles.